The fourth-order valence-corrected chi connectivity index (χ4v) is 7.53. The first-order valence-corrected chi connectivity index (χ1v) is 13.2. The smallest absolute Gasteiger partial charge is 0.0720 e. The summed E-state index contributed by atoms with van der Waals surface area (Å²) in [6, 6.07) is 29.0. The van der Waals surface area contributed by atoms with Crippen LogP contribution in [0.4, 0.5) is 0 Å². The van der Waals surface area contributed by atoms with Crippen molar-refractivity contribution in [2.75, 3.05) is 0 Å². The third-order valence-corrected chi connectivity index (χ3v) is 9.05. The number of benzene rings is 4. The Labute approximate surface area is 210 Å². The average Bonchev–Trinajstić information content (AvgIpc) is 3.41. The molecular formula is C31H22BrNS. The van der Waals surface area contributed by atoms with E-state index in [-0.39, 0.29) is 5.41 Å². The predicted octanol–water partition coefficient (Wildman–Crippen LogP) is 9.69. The van der Waals surface area contributed by atoms with Crippen molar-refractivity contribution in [1.29, 1.82) is 0 Å². The van der Waals surface area contributed by atoms with Crippen LogP contribution in [0, 0.1) is 0 Å². The molecule has 164 valence electrons. The Bertz CT molecular complexity index is 1820. The molecule has 6 aromatic rings. The minimum atomic E-state index is 0.0134. The zero-order valence-electron chi connectivity index (χ0n) is 18.8. The third-order valence-electron chi connectivity index (χ3n) is 7.25. The number of thiophene rings is 1. The quantitative estimate of drug-likeness (QED) is 0.214. The number of hydrogen-bond donors (Lipinski definition) is 0. The second kappa shape index (κ2) is 7.43. The lowest BCUT2D eigenvalue weighted by Gasteiger charge is -2.27. The highest BCUT2D eigenvalue weighted by molar-refractivity contribution is 9.10. The van der Waals surface area contributed by atoms with Gasteiger partial charge in [0, 0.05) is 41.8 Å². The molecule has 0 saturated carbocycles. The number of rotatable bonds is 2. The van der Waals surface area contributed by atoms with Crippen molar-refractivity contribution in [2.24, 2.45) is 0 Å². The minimum Gasteiger partial charge on any atom is -0.308 e. The van der Waals surface area contributed by atoms with Crippen molar-refractivity contribution in [3.8, 4) is 5.69 Å². The molecule has 1 nitrogen and oxygen atoms in total. The molecule has 1 unspecified atom stereocenters. The second-order valence-corrected chi connectivity index (χ2v) is 11.3. The maximum absolute atomic E-state index is 3.92. The highest BCUT2D eigenvalue weighted by Gasteiger charge is 2.25. The van der Waals surface area contributed by atoms with Gasteiger partial charge in [-0.25, -0.2) is 0 Å². The van der Waals surface area contributed by atoms with Crippen LogP contribution in [0.2, 0.25) is 0 Å². The summed E-state index contributed by atoms with van der Waals surface area (Å²) in [7, 11) is 0. The number of fused-ring (bicyclic) bond motifs is 7. The van der Waals surface area contributed by atoms with Crippen LogP contribution in [0.15, 0.2) is 108 Å². The number of allylic oxidation sites excluding steroid dienone is 4. The molecule has 34 heavy (non-hydrogen) atoms. The van der Waals surface area contributed by atoms with Gasteiger partial charge in [-0.1, -0.05) is 95.7 Å². The van der Waals surface area contributed by atoms with E-state index >= 15 is 0 Å². The maximum Gasteiger partial charge on any atom is 0.0720 e. The van der Waals surface area contributed by atoms with Gasteiger partial charge in [-0.3, -0.25) is 0 Å². The van der Waals surface area contributed by atoms with Crippen LogP contribution in [-0.4, -0.2) is 4.57 Å². The Morgan fingerprint density at radius 3 is 2.53 bits per heavy atom. The van der Waals surface area contributed by atoms with Crippen molar-refractivity contribution in [3.05, 3.63) is 113 Å². The van der Waals surface area contributed by atoms with Crippen LogP contribution < -0.4 is 0 Å². The summed E-state index contributed by atoms with van der Waals surface area (Å²) in [5.41, 5.74) is 5.12. The van der Waals surface area contributed by atoms with Gasteiger partial charge in [0.15, 0.2) is 0 Å². The van der Waals surface area contributed by atoms with E-state index in [2.05, 4.69) is 131 Å². The van der Waals surface area contributed by atoms with Crippen LogP contribution in [0.3, 0.4) is 0 Å². The molecule has 4 aromatic carbocycles. The zero-order chi connectivity index (χ0) is 22.9. The van der Waals surface area contributed by atoms with Crippen molar-refractivity contribution >= 4 is 69.2 Å². The van der Waals surface area contributed by atoms with Crippen LogP contribution >= 0.6 is 27.3 Å². The van der Waals surface area contributed by atoms with Gasteiger partial charge in [0.1, 0.15) is 0 Å². The number of para-hydroxylation sites is 1. The van der Waals surface area contributed by atoms with E-state index < -0.39 is 0 Å². The van der Waals surface area contributed by atoms with Crippen molar-refractivity contribution in [3.63, 3.8) is 0 Å². The topological polar surface area (TPSA) is 4.93 Å². The number of hydrogen-bond acceptors (Lipinski definition) is 1. The summed E-state index contributed by atoms with van der Waals surface area (Å²) in [5.74, 6) is 0. The fourth-order valence-electron chi connectivity index (χ4n) is 5.49. The molecular weight excluding hydrogens is 498 g/mol. The highest BCUT2D eigenvalue weighted by Crippen LogP contribution is 2.46. The Kier molecular flexibility index (Phi) is 4.42. The Morgan fingerprint density at radius 2 is 1.68 bits per heavy atom. The van der Waals surface area contributed by atoms with E-state index in [1.807, 2.05) is 11.3 Å². The molecule has 0 spiro atoms. The first-order chi connectivity index (χ1) is 16.6. The van der Waals surface area contributed by atoms with Gasteiger partial charge in [0.2, 0.25) is 0 Å². The molecule has 0 fully saturated rings. The van der Waals surface area contributed by atoms with Gasteiger partial charge >= 0.3 is 0 Å². The SMILES string of the molecule is CC1(c2cccc(-n3c4ccccc4c4cc(Br)c5c6ccccc6sc5c43)c2)C=CC=CC1. The monoisotopic (exact) mass is 519 g/mol. The maximum atomic E-state index is 3.92. The Morgan fingerprint density at radius 1 is 0.853 bits per heavy atom. The molecule has 2 aromatic heterocycles. The summed E-state index contributed by atoms with van der Waals surface area (Å²) in [4.78, 5) is 0. The Hall–Kier alpha value is -3.14. The first kappa shape index (κ1) is 20.3. The predicted molar refractivity (Wildman–Crippen MR) is 152 cm³/mol. The van der Waals surface area contributed by atoms with Gasteiger partial charge in [-0.15, -0.1) is 11.3 Å². The van der Waals surface area contributed by atoms with E-state index in [1.54, 1.807) is 0 Å². The molecule has 0 amide bonds. The van der Waals surface area contributed by atoms with Gasteiger partial charge in [-0.05, 0) is 42.3 Å². The van der Waals surface area contributed by atoms with E-state index in [4.69, 9.17) is 0 Å². The summed E-state index contributed by atoms with van der Waals surface area (Å²) in [6.45, 7) is 2.33. The van der Waals surface area contributed by atoms with Gasteiger partial charge in [-0.2, -0.15) is 0 Å². The number of halogens is 1. The Balaban J connectivity index is 1.62. The lowest BCUT2D eigenvalue weighted by Crippen LogP contribution is -2.19. The van der Waals surface area contributed by atoms with Crippen molar-refractivity contribution < 1.29 is 0 Å². The highest BCUT2D eigenvalue weighted by atomic mass is 79.9. The van der Waals surface area contributed by atoms with Gasteiger partial charge in [0.05, 0.1) is 15.7 Å². The lowest BCUT2D eigenvalue weighted by molar-refractivity contribution is 0.599. The molecule has 1 atom stereocenters. The normalized spacial score (nSPS) is 18.1. The van der Waals surface area contributed by atoms with E-state index in [0.717, 1.165) is 10.9 Å². The van der Waals surface area contributed by atoms with Crippen molar-refractivity contribution in [2.45, 2.75) is 18.8 Å². The third kappa shape index (κ3) is 2.84. The van der Waals surface area contributed by atoms with Crippen LogP contribution in [-0.2, 0) is 5.41 Å². The molecule has 0 radical (unpaired) electrons. The molecule has 3 heteroatoms. The zero-order valence-corrected chi connectivity index (χ0v) is 21.2. The summed E-state index contributed by atoms with van der Waals surface area (Å²) in [6.07, 6.45) is 9.95. The molecule has 1 aliphatic rings. The molecule has 7 rings (SSSR count). The fraction of sp³-hybridized carbons (Fsp3) is 0.0968. The van der Waals surface area contributed by atoms with E-state index in [9.17, 15) is 0 Å². The summed E-state index contributed by atoms with van der Waals surface area (Å²) < 4.78 is 6.29. The minimum absolute atomic E-state index is 0.0134. The number of aromatic nitrogens is 1. The van der Waals surface area contributed by atoms with E-state index in [0.29, 0.717) is 0 Å². The first-order valence-electron chi connectivity index (χ1n) is 11.6. The molecule has 0 aliphatic heterocycles. The van der Waals surface area contributed by atoms with Crippen molar-refractivity contribution in [1.82, 2.24) is 4.57 Å². The lowest BCUT2D eigenvalue weighted by atomic mass is 9.77. The van der Waals surface area contributed by atoms with Gasteiger partial charge in [0.25, 0.3) is 0 Å². The molecule has 2 heterocycles. The standard InChI is InChI=1S/C31H22BrNS/c1-31(16-7-2-8-17-31)20-10-9-11-21(18-20)33-26-14-5-3-12-22(26)24-19-25(32)28-23-13-4-6-15-27(23)34-30(28)29(24)33/h2-16,18-19H,17H2,1H3. The van der Waals surface area contributed by atoms with Crippen LogP contribution in [0.5, 0.6) is 0 Å². The average molecular weight is 520 g/mol. The molecule has 0 N–H and O–H groups in total. The second-order valence-electron chi connectivity index (χ2n) is 9.37. The van der Waals surface area contributed by atoms with Crippen LogP contribution in [0.25, 0.3) is 47.7 Å². The van der Waals surface area contributed by atoms with E-state index in [1.165, 1.54) is 53.2 Å². The molecule has 0 bridgehead atoms. The van der Waals surface area contributed by atoms with Gasteiger partial charge < -0.3 is 4.57 Å². The largest absolute Gasteiger partial charge is 0.308 e. The summed E-state index contributed by atoms with van der Waals surface area (Å²) in [5, 5.41) is 5.20. The number of nitrogens with zero attached hydrogens (tertiary/aromatic N) is 1. The summed E-state index contributed by atoms with van der Waals surface area (Å²) >= 11 is 5.81. The molecule has 0 saturated heterocycles. The van der Waals surface area contributed by atoms with Crippen LogP contribution in [0.1, 0.15) is 18.9 Å². The molecule has 1 aliphatic carbocycles.